The van der Waals surface area contributed by atoms with Gasteiger partial charge >= 0.3 is 5.69 Å². The molecule has 0 aliphatic carbocycles. The lowest BCUT2D eigenvalue weighted by Crippen LogP contribution is -2.02. The van der Waals surface area contributed by atoms with E-state index in [-0.39, 0.29) is 11.4 Å². The van der Waals surface area contributed by atoms with E-state index in [1.54, 1.807) is 25.3 Å². The van der Waals surface area contributed by atoms with E-state index < -0.39 is 4.92 Å². The van der Waals surface area contributed by atoms with Gasteiger partial charge in [0.2, 0.25) is 0 Å². The lowest BCUT2D eigenvalue weighted by molar-refractivity contribution is -0.385. The zero-order valence-electron chi connectivity index (χ0n) is 11.3. The maximum absolute atomic E-state index is 10.9. The van der Waals surface area contributed by atoms with Crippen molar-refractivity contribution in [2.75, 3.05) is 11.9 Å². The normalized spacial score (nSPS) is 10.3. The van der Waals surface area contributed by atoms with E-state index in [4.69, 9.17) is 4.74 Å². The molecule has 0 aliphatic heterocycles. The van der Waals surface area contributed by atoms with E-state index in [1.165, 1.54) is 6.07 Å². The molecule has 2 aromatic rings. The molecule has 1 aromatic carbocycles. The molecule has 7 nitrogen and oxygen atoms in total. The number of ether oxygens (including phenoxy) is 1. The van der Waals surface area contributed by atoms with Gasteiger partial charge in [0.15, 0.2) is 5.75 Å². The number of nitro groups is 1. The number of anilines is 1. The first-order chi connectivity index (χ1) is 9.61. The largest absolute Gasteiger partial charge is 0.487 e. The van der Waals surface area contributed by atoms with E-state index in [9.17, 15) is 10.1 Å². The van der Waals surface area contributed by atoms with Gasteiger partial charge in [0, 0.05) is 35.6 Å². The molecule has 1 aromatic heterocycles. The van der Waals surface area contributed by atoms with Gasteiger partial charge in [0.05, 0.1) is 17.7 Å². The van der Waals surface area contributed by atoms with Gasteiger partial charge < -0.3 is 10.1 Å². The molecule has 20 heavy (non-hydrogen) atoms. The lowest BCUT2D eigenvalue weighted by Gasteiger charge is -2.09. The van der Waals surface area contributed by atoms with Crippen molar-refractivity contribution in [2.24, 2.45) is 0 Å². The number of benzene rings is 1. The first kappa shape index (κ1) is 13.9. The number of nitrogens with zero attached hydrogens (tertiary/aromatic N) is 2. The summed E-state index contributed by atoms with van der Waals surface area (Å²) in [6.07, 6.45) is 1.75. The zero-order chi connectivity index (χ0) is 14.5. The third kappa shape index (κ3) is 3.05. The third-order valence-corrected chi connectivity index (χ3v) is 2.87. The molecular weight excluding hydrogens is 260 g/mol. The summed E-state index contributed by atoms with van der Waals surface area (Å²) in [5, 5.41) is 20.9. The predicted molar refractivity (Wildman–Crippen MR) is 74.9 cm³/mol. The Hall–Kier alpha value is -2.57. The number of nitro benzene ring substituents is 1. The number of hydrogen-bond acceptors (Lipinski definition) is 5. The predicted octanol–water partition coefficient (Wildman–Crippen LogP) is 2.64. The topological polar surface area (TPSA) is 93.1 Å². The Morgan fingerprint density at radius 2 is 2.30 bits per heavy atom. The molecule has 0 aliphatic rings. The van der Waals surface area contributed by atoms with Crippen LogP contribution in [0.15, 0.2) is 24.4 Å². The number of rotatable bonds is 6. The molecular formula is C13H16N4O3. The molecule has 0 spiro atoms. The summed E-state index contributed by atoms with van der Waals surface area (Å²) in [6, 6.07) is 4.74. The van der Waals surface area contributed by atoms with Crippen molar-refractivity contribution in [3.8, 4) is 5.75 Å². The molecule has 0 radical (unpaired) electrons. The summed E-state index contributed by atoms with van der Waals surface area (Å²) < 4.78 is 5.30. The zero-order valence-corrected chi connectivity index (χ0v) is 11.3. The molecule has 0 saturated heterocycles. The highest BCUT2D eigenvalue weighted by Crippen LogP contribution is 2.30. The molecule has 0 atom stereocenters. The maximum Gasteiger partial charge on any atom is 0.311 e. The van der Waals surface area contributed by atoms with Gasteiger partial charge in [-0.2, -0.15) is 5.10 Å². The van der Waals surface area contributed by atoms with Crippen molar-refractivity contribution >= 4 is 11.4 Å². The van der Waals surface area contributed by atoms with Crippen LogP contribution in [0.1, 0.15) is 18.2 Å². The van der Waals surface area contributed by atoms with Crippen molar-refractivity contribution in [2.45, 2.75) is 20.4 Å². The SMILES string of the molecule is CCOc1cc(NCc2cn[nH]c2C)ccc1[N+](=O)[O-]. The summed E-state index contributed by atoms with van der Waals surface area (Å²) in [7, 11) is 0. The van der Waals surface area contributed by atoms with E-state index in [0.717, 1.165) is 16.9 Å². The fraction of sp³-hybridized carbons (Fsp3) is 0.308. The lowest BCUT2D eigenvalue weighted by atomic mass is 10.2. The number of aromatic amines is 1. The minimum Gasteiger partial charge on any atom is -0.487 e. The van der Waals surface area contributed by atoms with Crippen LogP contribution in [-0.4, -0.2) is 21.7 Å². The first-order valence-electron chi connectivity index (χ1n) is 6.25. The van der Waals surface area contributed by atoms with Crippen molar-refractivity contribution in [3.05, 3.63) is 45.8 Å². The molecule has 1 heterocycles. The summed E-state index contributed by atoms with van der Waals surface area (Å²) >= 11 is 0. The minimum absolute atomic E-state index is 0.0307. The van der Waals surface area contributed by atoms with Crippen LogP contribution in [0.3, 0.4) is 0 Å². The summed E-state index contributed by atoms with van der Waals surface area (Å²) in [5.41, 5.74) is 2.77. The monoisotopic (exact) mass is 276 g/mol. The van der Waals surface area contributed by atoms with Crippen LogP contribution in [0, 0.1) is 17.0 Å². The molecule has 0 fully saturated rings. The average molecular weight is 276 g/mol. The van der Waals surface area contributed by atoms with Gasteiger partial charge in [-0.15, -0.1) is 0 Å². The Labute approximate surface area is 116 Å². The average Bonchev–Trinajstić information content (AvgIpc) is 2.82. The van der Waals surface area contributed by atoms with Gasteiger partial charge in [-0.3, -0.25) is 15.2 Å². The molecule has 7 heteroatoms. The second-order valence-corrected chi connectivity index (χ2v) is 4.25. The summed E-state index contributed by atoms with van der Waals surface area (Å²) in [5.74, 6) is 0.270. The van der Waals surface area contributed by atoms with Crippen LogP contribution in [0.5, 0.6) is 5.75 Å². The number of nitrogens with one attached hydrogen (secondary N) is 2. The van der Waals surface area contributed by atoms with Gasteiger partial charge in [0.1, 0.15) is 0 Å². The number of H-pyrrole nitrogens is 1. The molecule has 0 unspecified atom stereocenters. The Bertz CT molecular complexity index is 609. The van der Waals surface area contributed by atoms with E-state index in [0.29, 0.717) is 13.2 Å². The second kappa shape index (κ2) is 6.05. The minimum atomic E-state index is -0.449. The molecule has 0 amide bonds. The first-order valence-corrected chi connectivity index (χ1v) is 6.25. The van der Waals surface area contributed by atoms with Crippen molar-refractivity contribution in [1.29, 1.82) is 0 Å². The number of aryl methyl sites for hydroxylation is 1. The molecule has 0 saturated carbocycles. The fourth-order valence-corrected chi connectivity index (χ4v) is 1.80. The summed E-state index contributed by atoms with van der Waals surface area (Å²) in [4.78, 5) is 10.4. The smallest absolute Gasteiger partial charge is 0.311 e. The number of hydrogen-bond donors (Lipinski definition) is 2. The van der Waals surface area contributed by atoms with E-state index in [1.807, 2.05) is 6.92 Å². The van der Waals surface area contributed by atoms with Crippen molar-refractivity contribution < 1.29 is 9.66 Å². The molecule has 0 bridgehead atoms. The van der Waals surface area contributed by atoms with Gasteiger partial charge in [-0.1, -0.05) is 0 Å². The molecule has 106 valence electrons. The Morgan fingerprint density at radius 1 is 1.50 bits per heavy atom. The standard InChI is InChI=1S/C13H16N4O3/c1-3-20-13-6-11(4-5-12(13)17(18)19)14-7-10-8-15-16-9(10)2/h4-6,8,14H,3,7H2,1-2H3,(H,15,16). The van der Waals surface area contributed by atoms with Crippen LogP contribution < -0.4 is 10.1 Å². The Balaban J connectivity index is 2.14. The van der Waals surface area contributed by atoms with Crippen molar-refractivity contribution in [1.82, 2.24) is 10.2 Å². The highest BCUT2D eigenvalue weighted by atomic mass is 16.6. The van der Waals surface area contributed by atoms with Gasteiger partial charge in [-0.25, -0.2) is 0 Å². The second-order valence-electron chi connectivity index (χ2n) is 4.25. The Kier molecular flexibility index (Phi) is 4.19. The highest BCUT2D eigenvalue weighted by Gasteiger charge is 2.15. The molecule has 2 N–H and O–H groups in total. The van der Waals surface area contributed by atoms with E-state index >= 15 is 0 Å². The quantitative estimate of drug-likeness (QED) is 0.625. The highest BCUT2D eigenvalue weighted by molar-refractivity contribution is 5.58. The number of aromatic nitrogens is 2. The van der Waals surface area contributed by atoms with E-state index in [2.05, 4.69) is 15.5 Å². The van der Waals surface area contributed by atoms with Crippen molar-refractivity contribution in [3.63, 3.8) is 0 Å². The summed E-state index contributed by atoms with van der Waals surface area (Å²) in [6.45, 7) is 4.70. The third-order valence-electron chi connectivity index (χ3n) is 2.87. The molecule has 2 rings (SSSR count). The van der Waals surface area contributed by atoms with Gasteiger partial charge in [0.25, 0.3) is 0 Å². The van der Waals surface area contributed by atoms with Gasteiger partial charge in [-0.05, 0) is 19.9 Å². The van der Waals surface area contributed by atoms with Crippen LogP contribution in [0.2, 0.25) is 0 Å². The van der Waals surface area contributed by atoms with Crippen LogP contribution in [0.25, 0.3) is 0 Å². The fourth-order valence-electron chi connectivity index (χ4n) is 1.80. The maximum atomic E-state index is 10.9. The van der Waals surface area contributed by atoms with Crippen LogP contribution in [-0.2, 0) is 6.54 Å². The van der Waals surface area contributed by atoms with Crippen LogP contribution in [0.4, 0.5) is 11.4 Å². The Morgan fingerprint density at radius 3 is 2.90 bits per heavy atom. The van der Waals surface area contributed by atoms with Crippen LogP contribution >= 0.6 is 0 Å².